The van der Waals surface area contributed by atoms with Crippen LogP contribution in [0.4, 0.5) is 0 Å². The number of amides is 1. The number of thioether (sulfide) groups is 2. The normalized spacial score (nSPS) is 29.2. The van der Waals surface area contributed by atoms with Crippen LogP contribution in [0.3, 0.4) is 0 Å². The quantitative estimate of drug-likeness (QED) is 0.828. The smallest absolute Gasteiger partial charge is 0.237 e. The van der Waals surface area contributed by atoms with Crippen LogP contribution >= 0.6 is 35.9 Å². The van der Waals surface area contributed by atoms with Gasteiger partial charge in [0.25, 0.3) is 0 Å². The van der Waals surface area contributed by atoms with Crippen LogP contribution in [0.25, 0.3) is 0 Å². The number of nitrogens with one attached hydrogen (secondary N) is 2. The van der Waals surface area contributed by atoms with Gasteiger partial charge in [0.2, 0.25) is 5.91 Å². The van der Waals surface area contributed by atoms with Crippen LogP contribution in [0.15, 0.2) is 0 Å². The number of carbonyl (C=O) groups is 1. The van der Waals surface area contributed by atoms with Crippen LogP contribution in [-0.2, 0) is 4.79 Å². The predicted octanol–water partition coefficient (Wildman–Crippen LogP) is 1.52. The van der Waals surface area contributed by atoms with Gasteiger partial charge in [0, 0.05) is 29.1 Å². The highest BCUT2D eigenvalue weighted by Gasteiger charge is 2.21. The largest absolute Gasteiger partial charge is 0.354 e. The van der Waals surface area contributed by atoms with E-state index in [4.69, 9.17) is 0 Å². The summed E-state index contributed by atoms with van der Waals surface area (Å²) in [6.07, 6.45) is 3.39. The number of rotatable bonds is 3. The van der Waals surface area contributed by atoms with Gasteiger partial charge in [-0.2, -0.15) is 23.5 Å². The molecule has 17 heavy (non-hydrogen) atoms. The Labute approximate surface area is 118 Å². The van der Waals surface area contributed by atoms with Crippen LogP contribution in [0.5, 0.6) is 0 Å². The minimum atomic E-state index is 0. The Kier molecular flexibility index (Phi) is 7.75. The topological polar surface area (TPSA) is 41.1 Å². The maximum Gasteiger partial charge on any atom is 0.237 e. The maximum absolute atomic E-state index is 11.9. The van der Waals surface area contributed by atoms with Crippen molar-refractivity contribution in [3.63, 3.8) is 0 Å². The first-order chi connectivity index (χ1) is 7.86. The standard InChI is InChI=1S/C11H20N2OS2.ClH/c14-11(10-3-1-2-4-12-10)13-7-9-8-15-5-6-16-9;/h9-10,12H,1-8H2,(H,13,14);1H/t9?,10-;/m0./s1. The molecule has 3 nitrogen and oxygen atoms in total. The zero-order valence-corrected chi connectivity index (χ0v) is 12.4. The molecule has 2 heterocycles. The average molecular weight is 297 g/mol. The van der Waals surface area contributed by atoms with Crippen molar-refractivity contribution in [3.05, 3.63) is 0 Å². The van der Waals surface area contributed by atoms with E-state index in [-0.39, 0.29) is 24.4 Å². The summed E-state index contributed by atoms with van der Waals surface area (Å²) in [5.41, 5.74) is 0. The average Bonchev–Trinajstić information content (AvgIpc) is 2.38. The molecule has 2 rings (SSSR count). The van der Waals surface area contributed by atoms with Crippen LogP contribution in [-0.4, -0.2) is 47.5 Å². The minimum Gasteiger partial charge on any atom is -0.354 e. The maximum atomic E-state index is 11.9. The third kappa shape index (κ3) is 5.28. The number of halogens is 1. The minimum absolute atomic E-state index is 0. The SMILES string of the molecule is Cl.O=C(NCC1CSCCS1)[C@@H]1CCCCN1. The number of hydrogen-bond donors (Lipinski definition) is 2. The molecule has 0 aromatic heterocycles. The summed E-state index contributed by atoms with van der Waals surface area (Å²) >= 11 is 4.00. The van der Waals surface area contributed by atoms with E-state index in [1.165, 1.54) is 30.1 Å². The predicted molar refractivity (Wildman–Crippen MR) is 79.5 cm³/mol. The van der Waals surface area contributed by atoms with Gasteiger partial charge in [-0.3, -0.25) is 4.79 Å². The number of piperidine rings is 1. The Morgan fingerprint density at radius 3 is 2.88 bits per heavy atom. The van der Waals surface area contributed by atoms with Crippen molar-refractivity contribution in [2.45, 2.75) is 30.6 Å². The van der Waals surface area contributed by atoms with Crippen molar-refractivity contribution < 1.29 is 4.79 Å². The van der Waals surface area contributed by atoms with Gasteiger partial charge in [0.05, 0.1) is 6.04 Å². The summed E-state index contributed by atoms with van der Waals surface area (Å²) in [7, 11) is 0. The first-order valence-electron chi connectivity index (χ1n) is 6.07. The van der Waals surface area contributed by atoms with Crippen LogP contribution in [0.2, 0.25) is 0 Å². The first kappa shape index (κ1) is 15.5. The second-order valence-electron chi connectivity index (χ2n) is 4.32. The van der Waals surface area contributed by atoms with Gasteiger partial charge >= 0.3 is 0 Å². The van der Waals surface area contributed by atoms with E-state index in [1.54, 1.807) is 0 Å². The lowest BCUT2D eigenvalue weighted by Gasteiger charge is -2.25. The van der Waals surface area contributed by atoms with E-state index >= 15 is 0 Å². The van der Waals surface area contributed by atoms with Crippen molar-refractivity contribution in [3.8, 4) is 0 Å². The zero-order chi connectivity index (χ0) is 11.2. The van der Waals surface area contributed by atoms with E-state index in [0.717, 1.165) is 19.5 Å². The highest BCUT2D eigenvalue weighted by atomic mass is 35.5. The van der Waals surface area contributed by atoms with Crippen LogP contribution in [0.1, 0.15) is 19.3 Å². The van der Waals surface area contributed by atoms with Crippen molar-refractivity contribution in [1.82, 2.24) is 10.6 Å². The molecule has 0 aromatic rings. The molecule has 2 N–H and O–H groups in total. The fourth-order valence-corrected chi connectivity index (χ4v) is 4.68. The van der Waals surface area contributed by atoms with E-state index in [2.05, 4.69) is 10.6 Å². The molecule has 0 aliphatic carbocycles. The van der Waals surface area contributed by atoms with Gasteiger partial charge in [-0.15, -0.1) is 12.4 Å². The molecule has 2 fully saturated rings. The van der Waals surface area contributed by atoms with Crippen molar-refractivity contribution in [2.24, 2.45) is 0 Å². The Morgan fingerprint density at radius 1 is 1.35 bits per heavy atom. The fraction of sp³-hybridized carbons (Fsp3) is 0.909. The summed E-state index contributed by atoms with van der Waals surface area (Å²) in [4.78, 5) is 11.9. The molecule has 1 amide bonds. The molecule has 0 spiro atoms. The fourth-order valence-electron chi connectivity index (χ4n) is 2.07. The Balaban J connectivity index is 0.00000144. The van der Waals surface area contributed by atoms with Gasteiger partial charge in [-0.1, -0.05) is 6.42 Å². The van der Waals surface area contributed by atoms with Gasteiger partial charge in [-0.05, 0) is 19.4 Å². The molecule has 6 heteroatoms. The van der Waals surface area contributed by atoms with E-state index in [9.17, 15) is 4.79 Å². The zero-order valence-electron chi connectivity index (χ0n) is 9.94. The molecule has 2 atom stereocenters. The second kappa shape index (κ2) is 8.51. The summed E-state index contributed by atoms with van der Waals surface area (Å²) in [6, 6.07) is 0.0648. The molecular formula is C11H21ClN2OS2. The lowest BCUT2D eigenvalue weighted by molar-refractivity contribution is -0.123. The molecule has 0 saturated carbocycles. The first-order valence-corrected chi connectivity index (χ1v) is 8.27. The molecule has 0 bridgehead atoms. The monoisotopic (exact) mass is 296 g/mol. The van der Waals surface area contributed by atoms with Crippen molar-refractivity contribution in [1.29, 1.82) is 0 Å². The second-order valence-corrected chi connectivity index (χ2v) is 6.87. The Hall–Kier alpha value is 0.420. The molecule has 1 unspecified atom stereocenters. The molecule has 0 radical (unpaired) electrons. The van der Waals surface area contributed by atoms with E-state index < -0.39 is 0 Å². The van der Waals surface area contributed by atoms with Gasteiger partial charge in [-0.25, -0.2) is 0 Å². The highest BCUT2D eigenvalue weighted by molar-refractivity contribution is 8.06. The van der Waals surface area contributed by atoms with Gasteiger partial charge in [0.15, 0.2) is 0 Å². The molecule has 100 valence electrons. The summed E-state index contributed by atoms with van der Waals surface area (Å²) in [6.45, 7) is 1.83. The van der Waals surface area contributed by atoms with Gasteiger partial charge in [0.1, 0.15) is 0 Å². The molecule has 2 aliphatic rings. The van der Waals surface area contributed by atoms with Crippen LogP contribution < -0.4 is 10.6 Å². The van der Waals surface area contributed by atoms with Crippen molar-refractivity contribution in [2.75, 3.05) is 30.3 Å². The number of hydrogen-bond acceptors (Lipinski definition) is 4. The lowest BCUT2D eigenvalue weighted by Crippen LogP contribution is -2.48. The molecule has 2 saturated heterocycles. The Morgan fingerprint density at radius 2 is 2.24 bits per heavy atom. The van der Waals surface area contributed by atoms with E-state index in [0.29, 0.717) is 5.25 Å². The summed E-state index contributed by atoms with van der Waals surface area (Å²) in [5, 5.41) is 6.99. The number of carbonyl (C=O) groups excluding carboxylic acids is 1. The summed E-state index contributed by atoms with van der Waals surface area (Å²) < 4.78 is 0. The lowest BCUT2D eigenvalue weighted by atomic mass is 10.0. The molecule has 0 aromatic carbocycles. The van der Waals surface area contributed by atoms with Crippen molar-refractivity contribution >= 4 is 41.8 Å². The third-order valence-corrected chi connectivity index (χ3v) is 5.86. The third-order valence-electron chi connectivity index (χ3n) is 3.02. The molecule has 2 aliphatic heterocycles. The highest BCUT2D eigenvalue weighted by Crippen LogP contribution is 2.23. The summed E-state index contributed by atoms with van der Waals surface area (Å²) in [5.74, 6) is 3.88. The van der Waals surface area contributed by atoms with Gasteiger partial charge < -0.3 is 10.6 Å². The Bertz CT molecular complexity index is 232. The van der Waals surface area contributed by atoms with Crippen LogP contribution in [0, 0.1) is 0 Å². The van der Waals surface area contributed by atoms with E-state index in [1.807, 2.05) is 23.5 Å². The molecular weight excluding hydrogens is 276 g/mol.